The summed E-state index contributed by atoms with van der Waals surface area (Å²) in [5.41, 5.74) is 1.16. The molecule has 0 radical (unpaired) electrons. The van der Waals surface area contributed by atoms with E-state index in [1.807, 2.05) is 24.3 Å². The maximum absolute atomic E-state index is 11.5. The van der Waals surface area contributed by atoms with Crippen LogP contribution in [0.1, 0.15) is 45.1 Å². The predicted molar refractivity (Wildman–Crippen MR) is 76.4 cm³/mol. The minimum Gasteiger partial charge on any atom is -0.482 e. The Morgan fingerprint density at radius 1 is 1.11 bits per heavy atom. The molecule has 0 aromatic heterocycles. The Kier molecular flexibility index (Phi) is 7.71. The number of unbranched alkanes of at least 4 members (excludes halogenated alkanes) is 2. The molecular formula is C16H24O3. The van der Waals surface area contributed by atoms with Crippen molar-refractivity contribution in [3.8, 4) is 5.75 Å². The van der Waals surface area contributed by atoms with E-state index in [1.54, 1.807) is 0 Å². The first-order valence-electron chi connectivity index (χ1n) is 7.14. The van der Waals surface area contributed by atoms with E-state index >= 15 is 0 Å². The first-order valence-corrected chi connectivity index (χ1v) is 7.14. The van der Waals surface area contributed by atoms with Gasteiger partial charge >= 0.3 is 5.97 Å². The molecule has 1 rings (SSSR count). The maximum atomic E-state index is 11.5. The quantitative estimate of drug-likeness (QED) is 0.503. The third-order valence-corrected chi connectivity index (χ3v) is 2.88. The number of hydrogen-bond donors (Lipinski definition) is 0. The fourth-order valence-corrected chi connectivity index (χ4v) is 1.73. The molecule has 0 atom stereocenters. The number of benzene rings is 1. The molecule has 1 aromatic rings. The highest BCUT2D eigenvalue weighted by atomic mass is 16.6. The van der Waals surface area contributed by atoms with E-state index in [9.17, 15) is 4.79 Å². The van der Waals surface area contributed by atoms with Crippen molar-refractivity contribution in [1.82, 2.24) is 0 Å². The molecule has 1 aromatic carbocycles. The largest absolute Gasteiger partial charge is 0.482 e. The van der Waals surface area contributed by atoms with Crippen molar-refractivity contribution < 1.29 is 14.3 Å². The second-order valence-electron chi connectivity index (χ2n) is 4.57. The fraction of sp³-hybridized carbons (Fsp3) is 0.562. The summed E-state index contributed by atoms with van der Waals surface area (Å²) in [6, 6.07) is 7.88. The standard InChI is InChI=1S/C16H24O3/c1-3-5-9-14-10-7-8-11-15(14)19-13-16(17)18-12-6-4-2/h7-8,10-11H,3-6,9,12-13H2,1-2H3. The highest BCUT2D eigenvalue weighted by molar-refractivity contribution is 5.71. The molecule has 19 heavy (non-hydrogen) atoms. The fourth-order valence-electron chi connectivity index (χ4n) is 1.73. The van der Waals surface area contributed by atoms with Crippen molar-refractivity contribution in [2.75, 3.05) is 13.2 Å². The van der Waals surface area contributed by atoms with Crippen molar-refractivity contribution in [2.45, 2.75) is 46.0 Å². The Labute approximate surface area is 115 Å². The molecule has 0 N–H and O–H groups in total. The third-order valence-electron chi connectivity index (χ3n) is 2.88. The Bertz CT molecular complexity index is 374. The van der Waals surface area contributed by atoms with Gasteiger partial charge in [0.1, 0.15) is 5.75 Å². The molecule has 0 aliphatic heterocycles. The summed E-state index contributed by atoms with van der Waals surface area (Å²) in [6.07, 6.45) is 5.18. The molecule has 0 aliphatic carbocycles. The lowest BCUT2D eigenvalue weighted by molar-refractivity contribution is -0.146. The van der Waals surface area contributed by atoms with Gasteiger partial charge in [0.15, 0.2) is 6.61 Å². The van der Waals surface area contributed by atoms with Crippen LogP contribution in [0.15, 0.2) is 24.3 Å². The Morgan fingerprint density at radius 2 is 1.84 bits per heavy atom. The smallest absolute Gasteiger partial charge is 0.344 e. The van der Waals surface area contributed by atoms with Gasteiger partial charge in [0.2, 0.25) is 0 Å². The number of aryl methyl sites for hydroxylation is 1. The molecule has 0 amide bonds. The molecule has 0 fully saturated rings. The van der Waals surface area contributed by atoms with Crippen LogP contribution in [-0.4, -0.2) is 19.2 Å². The molecule has 0 saturated heterocycles. The summed E-state index contributed by atoms with van der Waals surface area (Å²) < 4.78 is 10.6. The van der Waals surface area contributed by atoms with Gasteiger partial charge in [-0.25, -0.2) is 4.79 Å². The lowest BCUT2D eigenvalue weighted by atomic mass is 10.1. The molecule has 0 aliphatic rings. The van der Waals surface area contributed by atoms with Crippen LogP contribution in [0.25, 0.3) is 0 Å². The summed E-state index contributed by atoms with van der Waals surface area (Å²) >= 11 is 0. The number of carbonyl (C=O) groups is 1. The van der Waals surface area contributed by atoms with Crippen LogP contribution in [0.5, 0.6) is 5.75 Å². The van der Waals surface area contributed by atoms with Gasteiger partial charge in [-0.2, -0.15) is 0 Å². The molecular weight excluding hydrogens is 240 g/mol. The number of esters is 1. The van der Waals surface area contributed by atoms with Crippen LogP contribution in [0, 0.1) is 0 Å². The molecule has 0 spiro atoms. The van der Waals surface area contributed by atoms with Crippen molar-refractivity contribution in [2.24, 2.45) is 0 Å². The first-order chi connectivity index (χ1) is 9.27. The zero-order valence-corrected chi connectivity index (χ0v) is 12.0. The second kappa shape index (κ2) is 9.42. The summed E-state index contributed by atoms with van der Waals surface area (Å²) in [6.45, 7) is 4.70. The van der Waals surface area contributed by atoms with E-state index in [0.29, 0.717) is 6.61 Å². The molecule has 3 heteroatoms. The summed E-state index contributed by atoms with van der Waals surface area (Å²) in [7, 11) is 0. The summed E-state index contributed by atoms with van der Waals surface area (Å²) in [4.78, 5) is 11.5. The molecule has 0 bridgehead atoms. The van der Waals surface area contributed by atoms with E-state index in [4.69, 9.17) is 9.47 Å². The van der Waals surface area contributed by atoms with Crippen LogP contribution in [0.3, 0.4) is 0 Å². The zero-order chi connectivity index (χ0) is 13.9. The third kappa shape index (κ3) is 6.27. The van der Waals surface area contributed by atoms with Crippen molar-refractivity contribution in [1.29, 1.82) is 0 Å². The van der Waals surface area contributed by atoms with E-state index in [2.05, 4.69) is 13.8 Å². The molecule has 0 saturated carbocycles. The highest BCUT2D eigenvalue weighted by Crippen LogP contribution is 2.20. The minimum absolute atomic E-state index is 0.00709. The number of rotatable bonds is 9. The number of para-hydroxylation sites is 1. The predicted octanol–water partition coefficient (Wildman–Crippen LogP) is 3.75. The average Bonchev–Trinajstić information content (AvgIpc) is 2.44. The van der Waals surface area contributed by atoms with Gasteiger partial charge in [-0.05, 0) is 30.9 Å². The van der Waals surface area contributed by atoms with Crippen LogP contribution in [0.2, 0.25) is 0 Å². The van der Waals surface area contributed by atoms with Gasteiger partial charge in [0.05, 0.1) is 6.61 Å². The van der Waals surface area contributed by atoms with Gasteiger partial charge < -0.3 is 9.47 Å². The van der Waals surface area contributed by atoms with Crippen LogP contribution < -0.4 is 4.74 Å². The Morgan fingerprint density at radius 3 is 2.58 bits per heavy atom. The maximum Gasteiger partial charge on any atom is 0.344 e. The van der Waals surface area contributed by atoms with Gasteiger partial charge in [0, 0.05) is 0 Å². The monoisotopic (exact) mass is 264 g/mol. The van der Waals surface area contributed by atoms with Crippen molar-refractivity contribution >= 4 is 5.97 Å². The first kappa shape index (κ1) is 15.5. The molecule has 3 nitrogen and oxygen atoms in total. The van der Waals surface area contributed by atoms with Gasteiger partial charge in [0.25, 0.3) is 0 Å². The van der Waals surface area contributed by atoms with E-state index < -0.39 is 0 Å². The van der Waals surface area contributed by atoms with Crippen molar-refractivity contribution in [3.05, 3.63) is 29.8 Å². The lowest BCUT2D eigenvalue weighted by Crippen LogP contribution is -2.16. The summed E-state index contributed by atoms with van der Waals surface area (Å²) in [5.74, 6) is 0.502. The van der Waals surface area contributed by atoms with Crippen LogP contribution >= 0.6 is 0 Å². The lowest BCUT2D eigenvalue weighted by Gasteiger charge is -2.10. The van der Waals surface area contributed by atoms with Crippen LogP contribution in [0.4, 0.5) is 0 Å². The average molecular weight is 264 g/mol. The van der Waals surface area contributed by atoms with E-state index in [-0.39, 0.29) is 12.6 Å². The molecule has 0 unspecified atom stereocenters. The van der Waals surface area contributed by atoms with Gasteiger partial charge in [-0.3, -0.25) is 0 Å². The second-order valence-corrected chi connectivity index (χ2v) is 4.57. The highest BCUT2D eigenvalue weighted by Gasteiger charge is 2.07. The number of hydrogen-bond acceptors (Lipinski definition) is 3. The Hall–Kier alpha value is -1.51. The SMILES string of the molecule is CCCCOC(=O)COc1ccccc1CCCC. The van der Waals surface area contributed by atoms with Crippen LogP contribution in [-0.2, 0) is 16.0 Å². The zero-order valence-electron chi connectivity index (χ0n) is 12.0. The normalized spacial score (nSPS) is 10.2. The van der Waals surface area contributed by atoms with Crippen molar-refractivity contribution in [3.63, 3.8) is 0 Å². The van der Waals surface area contributed by atoms with Gasteiger partial charge in [-0.1, -0.05) is 44.9 Å². The number of ether oxygens (including phenoxy) is 2. The summed E-state index contributed by atoms with van der Waals surface area (Å²) in [5, 5.41) is 0. The minimum atomic E-state index is -0.293. The van der Waals surface area contributed by atoms with E-state index in [1.165, 1.54) is 0 Å². The van der Waals surface area contributed by atoms with Gasteiger partial charge in [-0.15, -0.1) is 0 Å². The topological polar surface area (TPSA) is 35.5 Å². The number of carbonyl (C=O) groups excluding carboxylic acids is 1. The molecule has 106 valence electrons. The Balaban J connectivity index is 2.41. The van der Waals surface area contributed by atoms with E-state index in [0.717, 1.165) is 43.4 Å². The molecule has 0 heterocycles.